The molecule has 0 aromatic carbocycles. The van der Waals surface area contributed by atoms with Crippen molar-refractivity contribution in [3.8, 4) is 0 Å². The van der Waals surface area contributed by atoms with E-state index in [4.69, 9.17) is 0 Å². The van der Waals surface area contributed by atoms with Crippen LogP contribution in [0.4, 0.5) is 0 Å². The van der Waals surface area contributed by atoms with Gasteiger partial charge in [0.2, 0.25) is 0 Å². The number of carbonyl (C=O) groups is 1. The van der Waals surface area contributed by atoms with Gasteiger partial charge in [-0.2, -0.15) is 0 Å². The highest BCUT2D eigenvalue weighted by Gasteiger charge is 2.32. The van der Waals surface area contributed by atoms with Crippen LogP contribution in [0.1, 0.15) is 32.6 Å². The number of ether oxygens (including phenoxy) is 1. The summed E-state index contributed by atoms with van der Waals surface area (Å²) in [5.41, 5.74) is 0.726. The van der Waals surface area contributed by atoms with Crippen LogP contribution >= 0.6 is 0 Å². The Balaban J connectivity index is 1.82. The van der Waals surface area contributed by atoms with Crippen molar-refractivity contribution in [1.82, 2.24) is 4.90 Å². The van der Waals surface area contributed by atoms with E-state index in [0.717, 1.165) is 24.1 Å². The first kappa shape index (κ1) is 11.6. The minimum absolute atomic E-state index is 0.206. The van der Waals surface area contributed by atoms with Gasteiger partial charge in [0, 0.05) is 24.7 Å². The predicted octanol–water partition coefficient (Wildman–Crippen LogP) is 1.98. The maximum Gasteiger partial charge on any atom is 0.333 e. The molecule has 90 valence electrons. The fourth-order valence-corrected chi connectivity index (χ4v) is 1.94. The van der Waals surface area contributed by atoms with Crippen molar-refractivity contribution in [2.24, 2.45) is 5.92 Å². The summed E-state index contributed by atoms with van der Waals surface area (Å²) in [5.74, 6) is 0.717. The van der Waals surface area contributed by atoms with E-state index in [1.165, 1.54) is 39.3 Å². The lowest BCUT2D eigenvalue weighted by molar-refractivity contribution is -0.136. The molecule has 2 rings (SSSR count). The second-order valence-corrected chi connectivity index (χ2v) is 5.01. The normalized spacial score (nSPS) is 21.3. The van der Waals surface area contributed by atoms with Crippen LogP contribution in [0, 0.1) is 5.92 Å². The van der Waals surface area contributed by atoms with E-state index in [1.807, 2.05) is 13.0 Å². The average molecular weight is 223 g/mol. The molecule has 0 N–H and O–H groups in total. The lowest BCUT2D eigenvalue weighted by atomic mass is 10.2. The van der Waals surface area contributed by atoms with Crippen molar-refractivity contribution in [2.45, 2.75) is 38.6 Å². The van der Waals surface area contributed by atoms with Gasteiger partial charge in [-0.15, -0.1) is 0 Å². The molecule has 0 atom stereocenters. The van der Waals surface area contributed by atoms with Gasteiger partial charge in [-0.05, 0) is 38.5 Å². The second-order valence-electron chi connectivity index (χ2n) is 5.01. The van der Waals surface area contributed by atoms with Crippen LogP contribution in [0.25, 0.3) is 0 Å². The molecule has 0 radical (unpaired) electrons. The lowest BCUT2D eigenvalue weighted by Gasteiger charge is -2.20. The Morgan fingerprint density at radius 3 is 2.56 bits per heavy atom. The van der Waals surface area contributed by atoms with Crippen LogP contribution in [-0.2, 0) is 9.53 Å². The van der Waals surface area contributed by atoms with E-state index in [0.29, 0.717) is 0 Å². The highest BCUT2D eigenvalue weighted by molar-refractivity contribution is 5.87. The quantitative estimate of drug-likeness (QED) is 0.509. The molecule has 16 heavy (non-hydrogen) atoms. The first-order valence-corrected chi connectivity index (χ1v) is 6.20. The maximum atomic E-state index is 11.2. The van der Waals surface area contributed by atoms with Crippen molar-refractivity contribution in [2.75, 3.05) is 20.2 Å². The third kappa shape index (κ3) is 3.34. The Bertz CT molecular complexity index is 290. The second kappa shape index (κ2) is 5.00. The Hall–Kier alpha value is -0.830. The highest BCUT2D eigenvalue weighted by atomic mass is 16.5. The molecule has 2 saturated carbocycles. The SMILES string of the molecule is COC(=O)C(C)=CCN(CC1CC1)C1CC1. The molecule has 0 unspecified atom stereocenters. The lowest BCUT2D eigenvalue weighted by Crippen LogP contribution is -2.28. The minimum atomic E-state index is -0.206. The highest BCUT2D eigenvalue weighted by Crippen LogP contribution is 2.34. The van der Waals surface area contributed by atoms with E-state index >= 15 is 0 Å². The van der Waals surface area contributed by atoms with Crippen LogP contribution in [0.5, 0.6) is 0 Å². The van der Waals surface area contributed by atoms with Gasteiger partial charge in [-0.25, -0.2) is 4.79 Å². The van der Waals surface area contributed by atoms with Crippen molar-refractivity contribution >= 4 is 5.97 Å². The fraction of sp³-hybridized carbons (Fsp3) is 0.769. The number of esters is 1. The Morgan fingerprint density at radius 1 is 1.38 bits per heavy atom. The summed E-state index contributed by atoms with van der Waals surface area (Å²) in [5, 5.41) is 0. The molecular formula is C13H21NO2. The first-order chi connectivity index (χ1) is 7.70. The smallest absolute Gasteiger partial charge is 0.333 e. The number of hydrogen-bond acceptors (Lipinski definition) is 3. The minimum Gasteiger partial charge on any atom is -0.466 e. The molecule has 0 aromatic heterocycles. The van der Waals surface area contributed by atoms with Crippen LogP contribution in [0.15, 0.2) is 11.6 Å². The summed E-state index contributed by atoms with van der Waals surface area (Å²) in [7, 11) is 1.43. The molecule has 2 aliphatic carbocycles. The van der Waals surface area contributed by atoms with Crippen molar-refractivity contribution in [1.29, 1.82) is 0 Å². The van der Waals surface area contributed by atoms with E-state index in [-0.39, 0.29) is 5.97 Å². The van der Waals surface area contributed by atoms with Gasteiger partial charge in [0.15, 0.2) is 0 Å². The topological polar surface area (TPSA) is 29.5 Å². The van der Waals surface area contributed by atoms with Gasteiger partial charge in [0.25, 0.3) is 0 Å². The van der Waals surface area contributed by atoms with Crippen LogP contribution in [0.2, 0.25) is 0 Å². The van der Waals surface area contributed by atoms with Gasteiger partial charge in [-0.3, -0.25) is 4.90 Å². The van der Waals surface area contributed by atoms with Crippen LogP contribution in [0.3, 0.4) is 0 Å². The van der Waals surface area contributed by atoms with E-state index in [1.54, 1.807) is 0 Å². The molecular weight excluding hydrogens is 202 g/mol. The maximum absolute atomic E-state index is 11.2. The molecule has 0 heterocycles. The third-order valence-electron chi connectivity index (χ3n) is 3.39. The molecule has 2 fully saturated rings. The largest absolute Gasteiger partial charge is 0.466 e. The zero-order valence-corrected chi connectivity index (χ0v) is 10.2. The summed E-state index contributed by atoms with van der Waals surface area (Å²) in [6.07, 6.45) is 7.45. The molecule has 3 heteroatoms. The number of methoxy groups -OCH3 is 1. The van der Waals surface area contributed by atoms with Crippen molar-refractivity contribution in [3.63, 3.8) is 0 Å². The number of carbonyl (C=O) groups excluding carboxylic acids is 1. The molecule has 0 amide bonds. The van der Waals surface area contributed by atoms with Gasteiger partial charge < -0.3 is 4.74 Å². The Kier molecular flexibility index (Phi) is 3.64. The van der Waals surface area contributed by atoms with Gasteiger partial charge in [0.05, 0.1) is 7.11 Å². The Labute approximate surface area is 97.5 Å². The predicted molar refractivity (Wildman–Crippen MR) is 63.1 cm³/mol. The van der Waals surface area contributed by atoms with Gasteiger partial charge in [-0.1, -0.05) is 6.08 Å². The zero-order chi connectivity index (χ0) is 11.5. The molecule has 3 nitrogen and oxygen atoms in total. The van der Waals surface area contributed by atoms with Crippen molar-refractivity contribution in [3.05, 3.63) is 11.6 Å². The Morgan fingerprint density at radius 2 is 2.06 bits per heavy atom. The third-order valence-corrected chi connectivity index (χ3v) is 3.39. The summed E-state index contributed by atoms with van der Waals surface area (Å²) < 4.78 is 4.69. The number of hydrogen-bond donors (Lipinski definition) is 0. The molecule has 2 aliphatic rings. The summed E-state index contributed by atoms with van der Waals surface area (Å²) in [4.78, 5) is 13.8. The summed E-state index contributed by atoms with van der Waals surface area (Å²) in [6.45, 7) is 3.95. The van der Waals surface area contributed by atoms with Crippen molar-refractivity contribution < 1.29 is 9.53 Å². The molecule has 0 aliphatic heterocycles. The standard InChI is InChI=1S/C13H21NO2/c1-10(13(15)16-2)7-8-14(12-5-6-12)9-11-3-4-11/h7,11-12H,3-6,8-9H2,1-2H3. The molecule has 0 saturated heterocycles. The van der Waals surface area contributed by atoms with Gasteiger partial charge >= 0.3 is 5.97 Å². The first-order valence-electron chi connectivity index (χ1n) is 6.20. The van der Waals surface area contributed by atoms with E-state index in [9.17, 15) is 4.79 Å². The van der Waals surface area contributed by atoms with E-state index in [2.05, 4.69) is 9.64 Å². The monoisotopic (exact) mass is 223 g/mol. The van der Waals surface area contributed by atoms with Gasteiger partial charge in [0.1, 0.15) is 0 Å². The van der Waals surface area contributed by atoms with E-state index < -0.39 is 0 Å². The van der Waals surface area contributed by atoms with Crippen LogP contribution in [-0.4, -0.2) is 37.1 Å². The number of rotatable bonds is 6. The summed E-state index contributed by atoms with van der Waals surface area (Å²) >= 11 is 0. The number of nitrogens with zero attached hydrogens (tertiary/aromatic N) is 1. The molecule has 0 bridgehead atoms. The van der Waals surface area contributed by atoms with Crippen LogP contribution < -0.4 is 0 Å². The molecule has 0 spiro atoms. The average Bonchev–Trinajstić information content (AvgIpc) is 3.14. The molecule has 0 aromatic rings. The summed E-state index contributed by atoms with van der Waals surface area (Å²) in [6, 6.07) is 0.780. The zero-order valence-electron chi connectivity index (χ0n) is 10.2. The fourth-order valence-electron chi connectivity index (χ4n) is 1.94.